The van der Waals surface area contributed by atoms with Gasteiger partial charge in [0.25, 0.3) is 5.56 Å². The molecule has 4 nitrogen and oxygen atoms in total. The molecule has 3 aromatic heterocycles. The first-order chi connectivity index (χ1) is 16.4. The molecule has 0 aliphatic rings. The SMILES string of the molecule is Cc1ccc2c(c1)c1cc(-c3cn(Cc4ccc(F)cc4)c4ccccc34)c(=O)n(C)c1n2C. The molecule has 34 heavy (non-hydrogen) atoms. The lowest BCUT2D eigenvalue weighted by molar-refractivity contribution is 0.626. The Morgan fingerprint density at radius 2 is 1.53 bits per heavy atom. The van der Waals surface area contributed by atoms with Gasteiger partial charge in [-0.1, -0.05) is 42.0 Å². The summed E-state index contributed by atoms with van der Waals surface area (Å²) in [6.07, 6.45) is 2.05. The Hall–Kier alpha value is -4.12. The van der Waals surface area contributed by atoms with Crippen LogP contribution in [0.4, 0.5) is 4.39 Å². The van der Waals surface area contributed by atoms with Crippen LogP contribution >= 0.6 is 0 Å². The van der Waals surface area contributed by atoms with Crippen molar-refractivity contribution in [2.45, 2.75) is 13.5 Å². The molecule has 0 saturated carbocycles. The van der Waals surface area contributed by atoms with Crippen LogP contribution in [-0.4, -0.2) is 13.7 Å². The summed E-state index contributed by atoms with van der Waals surface area (Å²) in [7, 11) is 3.85. The maximum atomic E-state index is 13.6. The Kier molecular flexibility index (Phi) is 4.49. The molecular formula is C29H24FN3O. The van der Waals surface area contributed by atoms with E-state index in [1.807, 2.05) is 38.5 Å². The summed E-state index contributed by atoms with van der Waals surface area (Å²) in [4.78, 5) is 13.6. The number of pyridine rings is 1. The van der Waals surface area contributed by atoms with Crippen LogP contribution in [-0.2, 0) is 20.6 Å². The molecule has 0 N–H and O–H groups in total. The van der Waals surface area contributed by atoms with Crippen LogP contribution in [0.5, 0.6) is 0 Å². The molecule has 0 atom stereocenters. The van der Waals surface area contributed by atoms with Gasteiger partial charge >= 0.3 is 0 Å². The standard InChI is InChI=1S/C29H24FN3O/c1-18-8-13-26-22(14-18)23-15-24(29(34)32(3)28(23)31(26)2)25-17-33(27-7-5-4-6-21(25)27)16-19-9-11-20(30)12-10-19/h4-15,17H,16H2,1-3H3. The van der Waals surface area contributed by atoms with E-state index < -0.39 is 0 Å². The van der Waals surface area contributed by atoms with Gasteiger partial charge in [-0.25, -0.2) is 4.39 Å². The molecule has 0 bridgehead atoms. The van der Waals surface area contributed by atoms with Gasteiger partial charge in [0, 0.05) is 54.1 Å². The average Bonchev–Trinajstić information content (AvgIpc) is 3.33. The highest BCUT2D eigenvalue weighted by molar-refractivity contribution is 6.09. The third-order valence-corrected chi connectivity index (χ3v) is 6.85. The number of aryl methyl sites for hydroxylation is 3. The number of aromatic nitrogens is 3. The van der Waals surface area contributed by atoms with Crippen LogP contribution in [0.15, 0.2) is 83.8 Å². The lowest BCUT2D eigenvalue weighted by Gasteiger charge is -2.08. The maximum Gasteiger partial charge on any atom is 0.259 e. The molecular weight excluding hydrogens is 425 g/mol. The summed E-state index contributed by atoms with van der Waals surface area (Å²) in [5.74, 6) is -0.246. The van der Waals surface area contributed by atoms with E-state index in [9.17, 15) is 9.18 Å². The quantitative estimate of drug-likeness (QED) is 0.319. The van der Waals surface area contributed by atoms with E-state index in [0.29, 0.717) is 12.1 Å². The van der Waals surface area contributed by atoms with Gasteiger partial charge in [-0.3, -0.25) is 9.36 Å². The number of fused-ring (bicyclic) bond motifs is 4. The summed E-state index contributed by atoms with van der Waals surface area (Å²) >= 11 is 0. The highest BCUT2D eigenvalue weighted by Crippen LogP contribution is 2.34. The fourth-order valence-electron chi connectivity index (χ4n) is 5.18. The lowest BCUT2D eigenvalue weighted by atomic mass is 10.0. The molecule has 3 heterocycles. The first-order valence-electron chi connectivity index (χ1n) is 11.3. The third-order valence-electron chi connectivity index (χ3n) is 6.85. The van der Waals surface area contributed by atoms with E-state index in [-0.39, 0.29) is 11.4 Å². The van der Waals surface area contributed by atoms with Crippen LogP contribution in [0, 0.1) is 12.7 Å². The number of para-hydroxylation sites is 1. The van der Waals surface area contributed by atoms with Crippen molar-refractivity contribution in [1.82, 2.24) is 13.7 Å². The fourth-order valence-corrected chi connectivity index (χ4v) is 5.18. The summed E-state index contributed by atoms with van der Waals surface area (Å²) in [5, 5.41) is 3.23. The summed E-state index contributed by atoms with van der Waals surface area (Å²) in [6, 6.07) is 23.1. The van der Waals surface area contributed by atoms with E-state index in [0.717, 1.165) is 44.0 Å². The Morgan fingerprint density at radius 3 is 2.32 bits per heavy atom. The summed E-state index contributed by atoms with van der Waals surface area (Å²) < 4.78 is 19.4. The largest absolute Gasteiger partial charge is 0.342 e. The van der Waals surface area contributed by atoms with Gasteiger partial charge in [0.05, 0.1) is 11.1 Å². The van der Waals surface area contributed by atoms with E-state index in [1.54, 1.807) is 16.7 Å². The molecule has 6 rings (SSSR count). The zero-order valence-electron chi connectivity index (χ0n) is 19.3. The number of halogens is 1. The van der Waals surface area contributed by atoms with Gasteiger partial charge in [0.1, 0.15) is 11.5 Å². The molecule has 168 valence electrons. The van der Waals surface area contributed by atoms with Crippen molar-refractivity contribution >= 4 is 32.8 Å². The van der Waals surface area contributed by atoms with Gasteiger partial charge in [0.2, 0.25) is 0 Å². The monoisotopic (exact) mass is 449 g/mol. The Balaban J connectivity index is 1.62. The van der Waals surface area contributed by atoms with Crippen molar-refractivity contribution in [3.63, 3.8) is 0 Å². The van der Waals surface area contributed by atoms with Crippen molar-refractivity contribution in [2.75, 3.05) is 0 Å². The molecule has 0 fully saturated rings. The van der Waals surface area contributed by atoms with Gasteiger partial charge < -0.3 is 9.13 Å². The van der Waals surface area contributed by atoms with Crippen LogP contribution in [0.1, 0.15) is 11.1 Å². The summed E-state index contributed by atoms with van der Waals surface area (Å²) in [5.41, 5.74) is 6.80. The normalized spacial score (nSPS) is 11.8. The zero-order valence-corrected chi connectivity index (χ0v) is 19.3. The molecule has 6 aromatic rings. The third kappa shape index (κ3) is 3.00. The molecule has 0 amide bonds. The molecule has 3 aromatic carbocycles. The highest BCUT2D eigenvalue weighted by atomic mass is 19.1. The van der Waals surface area contributed by atoms with E-state index in [1.165, 1.54) is 17.7 Å². The smallest absolute Gasteiger partial charge is 0.259 e. The molecule has 0 aliphatic heterocycles. The van der Waals surface area contributed by atoms with E-state index in [2.05, 4.69) is 46.4 Å². The maximum absolute atomic E-state index is 13.6. The second-order valence-electron chi connectivity index (χ2n) is 9.05. The number of hydrogen-bond acceptors (Lipinski definition) is 1. The number of benzene rings is 3. The topological polar surface area (TPSA) is 31.9 Å². The van der Waals surface area contributed by atoms with Crippen molar-refractivity contribution in [1.29, 1.82) is 0 Å². The number of hydrogen-bond donors (Lipinski definition) is 0. The minimum Gasteiger partial charge on any atom is -0.342 e. The first-order valence-corrected chi connectivity index (χ1v) is 11.3. The second kappa shape index (κ2) is 7.45. The zero-order chi connectivity index (χ0) is 23.6. The van der Waals surface area contributed by atoms with Gasteiger partial charge in [-0.2, -0.15) is 0 Å². The van der Waals surface area contributed by atoms with Crippen molar-refractivity contribution < 1.29 is 4.39 Å². The predicted octanol–water partition coefficient (Wildman–Crippen LogP) is 6.15. The minimum atomic E-state index is -0.246. The second-order valence-corrected chi connectivity index (χ2v) is 9.05. The van der Waals surface area contributed by atoms with Crippen molar-refractivity contribution in [2.24, 2.45) is 14.1 Å². The number of nitrogens with zero attached hydrogens (tertiary/aromatic N) is 3. The van der Waals surface area contributed by atoms with Gasteiger partial charge in [0.15, 0.2) is 0 Å². The lowest BCUT2D eigenvalue weighted by Crippen LogP contribution is -2.20. The van der Waals surface area contributed by atoms with Crippen molar-refractivity contribution in [3.05, 3.63) is 106 Å². The van der Waals surface area contributed by atoms with Crippen LogP contribution in [0.2, 0.25) is 0 Å². The first kappa shape index (κ1) is 20.5. The molecule has 0 unspecified atom stereocenters. The Morgan fingerprint density at radius 1 is 0.765 bits per heavy atom. The average molecular weight is 450 g/mol. The molecule has 0 spiro atoms. The van der Waals surface area contributed by atoms with Gasteiger partial charge in [-0.05, 0) is 48.9 Å². The highest BCUT2D eigenvalue weighted by Gasteiger charge is 2.19. The van der Waals surface area contributed by atoms with Crippen molar-refractivity contribution in [3.8, 4) is 11.1 Å². The van der Waals surface area contributed by atoms with E-state index >= 15 is 0 Å². The Bertz CT molecular complexity index is 1790. The van der Waals surface area contributed by atoms with Gasteiger partial charge in [-0.15, -0.1) is 0 Å². The molecule has 0 saturated heterocycles. The van der Waals surface area contributed by atoms with E-state index in [4.69, 9.17) is 0 Å². The predicted molar refractivity (Wildman–Crippen MR) is 137 cm³/mol. The number of rotatable bonds is 3. The van der Waals surface area contributed by atoms with Crippen LogP contribution < -0.4 is 5.56 Å². The van der Waals surface area contributed by atoms with Crippen LogP contribution in [0.25, 0.3) is 44.0 Å². The Labute approximate surface area is 196 Å². The molecule has 0 radical (unpaired) electrons. The van der Waals surface area contributed by atoms with Crippen LogP contribution in [0.3, 0.4) is 0 Å². The summed E-state index contributed by atoms with van der Waals surface area (Å²) in [6.45, 7) is 2.68. The molecule has 5 heteroatoms. The molecule has 0 aliphatic carbocycles. The minimum absolute atomic E-state index is 0.0280. The fraction of sp³-hybridized carbons (Fsp3) is 0.138.